The SMILES string of the molecule is C=CCCC(C)(C)C(C)SCCC. The van der Waals surface area contributed by atoms with Gasteiger partial charge in [-0.1, -0.05) is 33.8 Å². The van der Waals surface area contributed by atoms with Gasteiger partial charge in [-0.25, -0.2) is 0 Å². The Labute approximate surface area is 88.2 Å². The second-order valence-electron chi connectivity index (χ2n) is 4.33. The van der Waals surface area contributed by atoms with Crippen molar-refractivity contribution >= 4 is 11.8 Å². The van der Waals surface area contributed by atoms with Gasteiger partial charge < -0.3 is 0 Å². The van der Waals surface area contributed by atoms with E-state index in [1.54, 1.807) is 0 Å². The van der Waals surface area contributed by atoms with E-state index < -0.39 is 0 Å². The molecule has 0 rings (SSSR count). The summed E-state index contributed by atoms with van der Waals surface area (Å²) in [6.07, 6.45) is 5.71. The summed E-state index contributed by atoms with van der Waals surface area (Å²) in [7, 11) is 0. The van der Waals surface area contributed by atoms with Crippen LogP contribution in [0.2, 0.25) is 0 Å². The molecular weight excluding hydrogens is 176 g/mol. The Bertz CT molecular complexity index is 138. The van der Waals surface area contributed by atoms with Gasteiger partial charge in [-0.2, -0.15) is 11.8 Å². The fourth-order valence-corrected chi connectivity index (χ4v) is 2.36. The van der Waals surface area contributed by atoms with Gasteiger partial charge in [0.25, 0.3) is 0 Å². The fraction of sp³-hybridized carbons (Fsp3) is 0.833. The van der Waals surface area contributed by atoms with Crippen LogP contribution < -0.4 is 0 Å². The zero-order valence-electron chi connectivity index (χ0n) is 9.60. The van der Waals surface area contributed by atoms with Gasteiger partial charge in [-0.3, -0.25) is 0 Å². The first-order chi connectivity index (χ1) is 6.04. The van der Waals surface area contributed by atoms with Crippen molar-refractivity contribution < 1.29 is 0 Å². The number of rotatable bonds is 7. The molecule has 0 amide bonds. The van der Waals surface area contributed by atoms with E-state index in [0.717, 1.165) is 11.7 Å². The molecule has 0 aliphatic heterocycles. The van der Waals surface area contributed by atoms with Gasteiger partial charge in [0.15, 0.2) is 0 Å². The molecule has 0 saturated heterocycles. The summed E-state index contributed by atoms with van der Waals surface area (Å²) in [6.45, 7) is 13.1. The Balaban J connectivity index is 3.86. The minimum atomic E-state index is 0.452. The Kier molecular flexibility index (Phi) is 6.58. The molecule has 0 fully saturated rings. The Morgan fingerprint density at radius 1 is 1.46 bits per heavy atom. The highest BCUT2D eigenvalue weighted by molar-refractivity contribution is 7.99. The zero-order valence-corrected chi connectivity index (χ0v) is 10.4. The summed E-state index contributed by atoms with van der Waals surface area (Å²) in [5.41, 5.74) is 0.452. The number of hydrogen-bond acceptors (Lipinski definition) is 1. The number of thioether (sulfide) groups is 1. The quantitative estimate of drug-likeness (QED) is 0.545. The lowest BCUT2D eigenvalue weighted by atomic mass is 9.85. The number of hydrogen-bond donors (Lipinski definition) is 0. The molecule has 1 atom stereocenters. The highest BCUT2D eigenvalue weighted by Crippen LogP contribution is 2.35. The molecule has 1 unspecified atom stereocenters. The summed E-state index contributed by atoms with van der Waals surface area (Å²) in [4.78, 5) is 0. The van der Waals surface area contributed by atoms with Gasteiger partial charge >= 0.3 is 0 Å². The molecule has 0 nitrogen and oxygen atoms in total. The smallest absolute Gasteiger partial charge is 0.00700 e. The van der Waals surface area contributed by atoms with E-state index in [4.69, 9.17) is 0 Å². The van der Waals surface area contributed by atoms with Crippen molar-refractivity contribution in [3.05, 3.63) is 12.7 Å². The minimum Gasteiger partial charge on any atom is -0.158 e. The van der Waals surface area contributed by atoms with Gasteiger partial charge in [0.05, 0.1) is 0 Å². The second-order valence-corrected chi connectivity index (χ2v) is 5.78. The maximum atomic E-state index is 3.78. The molecular formula is C12H24S. The Hall–Kier alpha value is 0.0900. The van der Waals surface area contributed by atoms with Crippen LogP contribution in [0.15, 0.2) is 12.7 Å². The Morgan fingerprint density at radius 2 is 2.08 bits per heavy atom. The van der Waals surface area contributed by atoms with E-state index in [9.17, 15) is 0 Å². The first-order valence-electron chi connectivity index (χ1n) is 5.27. The van der Waals surface area contributed by atoms with Crippen LogP contribution in [0.3, 0.4) is 0 Å². The number of allylic oxidation sites excluding steroid dienone is 1. The molecule has 0 spiro atoms. The monoisotopic (exact) mass is 200 g/mol. The molecule has 1 heteroatoms. The van der Waals surface area contributed by atoms with Gasteiger partial charge in [-0.15, -0.1) is 6.58 Å². The molecule has 13 heavy (non-hydrogen) atoms. The van der Waals surface area contributed by atoms with Crippen molar-refractivity contribution in [2.45, 2.75) is 52.2 Å². The van der Waals surface area contributed by atoms with Crippen LogP contribution in [0.5, 0.6) is 0 Å². The van der Waals surface area contributed by atoms with Crippen LogP contribution in [0, 0.1) is 5.41 Å². The molecule has 0 heterocycles. The standard InChI is InChI=1S/C12H24S/c1-6-8-9-12(4,5)11(3)13-10-7-2/h6,11H,1,7-10H2,2-5H3. The van der Waals surface area contributed by atoms with Crippen LogP contribution >= 0.6 is 11.8 Å². The van der Waals surface area contributed by atoms with E-state index in [1.807, 2.05) is 6.08 Å². The highest BCUT2D eigenvalue weighted by atomic mass is 32.2. The van der Waals surface area contributed by atoms with E-state index in [0.29, 0.717) is 5.41 Å². The maximum Gasteiger partial charge on any atom is 0.00700 e. The minimum absolute atomic E-state index is 0.452. The molecule has 0 bridgehead atoms. The third-order valence-electron chi connectivity index (χ3n) is 2.67. The first kappa shape index (κ1) is 13.1. The lowest BCUT2D eigenvalue weighted by molar-refractivity contribution is 0.336. The first-order valence-corrected chi connectivity index (χ1v) is 6.32. The third-order valence-corrected chi connectivity index (χ3v) is 4.45. The molecule has 78 valence electrons. The summed E-state index contributed by atoms with van der Waals surface area (Å²) in [6, 6.07) is 0. The van der Waals surface area contributed by atoms with Crippen molar-refractivity contribution in [2.75, 3.05) is 5.75 Å². The summed E-state index contributed by atoms with van der Waals surface area (Å²) < 4.78 is 0. The molecule has 0 radical (unpaired) electrons. The molecule has 0 aliphatic rings. The van der Waals surface area contributed by atoms with Crippen molar-refractivity contribution in [3.8, 4) is 0 Å². The highest BCUT2D eigenvalue weighted by Gasteiger charge is 2.24. The zero-order chi connectivity index (χ0) is 10.3. The van der Waals surface area contributed by atoms with Crippen LogP contribution in [-0.2, 0) is 0 Å². The topological polar surface area (TPSA) is 0 Å². The van der Waals surface area contributed by atoms with Crippen molar-refractivity contribution in [1.82, 2.24) is 0 Å². The van der Waals surface area contributed by atoms with E-state index >= 15 is 0 Å². The largest absolute Gasteiger partial charge is 0.158 e. The van der Waals surface area contributed by atoms with Crippen molar-refractivity contribution in [1.29, 1.82) is 0 Å². The Morgan fingerprint density at radius 3 is 2.54 bits per heavy atom. The van der Waals surface area contributed by atoms with Gasteiger partial charge in [0.2, 0.25) is 0 Å². The van der Waals surface area contributed by atoms with Crippen molar-refractivity contribution in [2.24, 2.45) is 5.41 Å². The summed E-state index contributed by atoms with van der Waals surface area (Å²) in [5, 5.41) is 0.757. The van der Waals surface area contributed by atoms with Gasteiger partial charge in [0, 0.05) is 5.25 Å². The van der Waals surface area contributed by atoms with Crippen LogP contribution in [-0.4, -0.2) is 11.0 Å². The van der Waals surface area contributed by atoms with E-state index in [-0.39, 0.29) is 0 Å². The van der Waals surface area contributed by atoms with E-state index in [1.165, 1.54) is 18.6 Å². The average molecular weight is 200 g/mol. The maximum absolute atomic E-state index is 3.78. The predicted octanol–water partition coefficient (Wildman–Crippen LogP) is 4.51. The van der Waals surface area contributed by atoms with Gasteiger partial charge in [-0.05, 0) is 30.4 Å². The molecule has 0 N–H and O–H groups in total. The molecule has 0 saturated carbocycles. The predicted molar refractivity (Wildman–Crippen MR) is 65.4 cm³/mol. The van der Waals surface area contributed by atoms with Crippen molar-refractivity contribution in [3.63, 3.8) is 0 Å². The van der Waals surface area contributed by atoms with E-state index in [2.05, 4.69) is 46.0 Å². The van der Waals surface area contributed by atoms with Crippen LogP contribution in [0.4, 0.5) is 0 Å². The average Bonchev–Trinajstić information content (AvgIpc) is 2.10. The molecule has 0 aromatic carbocycles. The lowest BCUT2D eigenvalue weighted by Crippen LogP contribution is -2.24. The molecule has 0 aromatic heterocycles. The lowest BCUT2D eigenvalue weighted by Gasteiger charge is -2.31. The second kappa shape index (κ2) is 6.53. The fourth-order valence-electron chi connectivity index (χ4n) is 1.20. The summed E-state index contributed by atoms with van der Waals surface area (Å²) in [5.74, 6) is 1.29. The van der Waals surface area contributed by atoms with Gasteiger partial charge in [0.1, 0.15) is 0 Å². The van der Waals surface area contributed by atoms with Crippen LogP contribution in [0.1, 0.15) is 47.0 Å². The summed E-state index contributed by atoms with van der Waals surface area (Å²) >= 11 is 2.10. The molecule has 0 aromatic rings. The third kappa shape index (κ3) is 5.41. The normalized spacial score (nSPS) is 14.2. The molecule has 0 aliphatic carbocycles. The van der Waals surface area contributed by atoms with Crippen LogP contribution in [0.25, 0.3) is 0 Å².